The van der Waals surface area contributed by atoms with Crippen molar-refractivity contribution in [3.05, 3.63) is 92.6 Å². The van der Waals surface area contributed by atoms with E-state index in [1.807, 2.05) is 51.3 Å². The second-order valence-electron chi connectivity index (χ2n) is 37.2. The van der Waals surface area contributed by atoms with Crippen LogP contribution in [0.1, 0.15) is 216 Å². The van der Waals surface area contributed by atoms with Crippen LogP contribution in [0.4, 0.5) is 23.0 Å². The monoisotopic (exact) mass is 2100 g/mol. The number of esters is 10. The highest BCUT2D eigenvalue weighted by Gasteiger charge is 2.39. The molecule has 48 heteroatoms. The van der Waals surface area contributed by atoms with Crippen LogP contribution in [0.2, 0.25) is 0 Å². The van der Waals surface area contributed by atoms with Crippen molar-refractivity contribution in [1.29, 1.82) is 0 Å². The molecule has 4 aliphatic rings. The third-order valence-electron chi connectivity index (χ3n) is 24.1. The number of H-pyrrole nitrogens is 2. The number of anilines is 4. The number of carbonyl (C=O) groups is 16. The number of ether oxygens (including phenoxy) is 14. The molecule has 46 nitrogen and oxygen atoms in total. The maximum absolute atomic E-state index is 13.3. The van der Waals surface area contributed by atoms with Crippen LogP contribution < -0.4 is 50.0 Å². The van der Waals surface area contributed by atoms with Crippen LogP contribution in [0, 0.1) is 27.7 Å². The van der Waals surface area contributed by atoms with Gasteiger partial charge in [0.1, 0.15) is 24.7 Å². The van der Waals surface area contributed by atoms with Crippen LogP contribution in [-0.2, 0) is 114 Å². The zero-order valence-corrected chi connectivity index (χ0v) is 89.4. The number of hydrogen-bond acceptors (Lipinski definition) is 40. The first-order valence-electron chi connectivity index (χ1n) is 48.9. The first kappa shape index (κ1) is 118. The first-order chi connectivity index (χ1) is 70.0. The van der Waals surface area contributed by atoms with E-state index in [1.165, 1.54) is 82.5 Å². The predicted molar refractivity (Wildman–Crippen MR) is 541 cm³/mol. The van der Waals surface area contributed by atoms with E-state index in [0.717, 1.165) is 63.1 Å². The number of nitrogens with one attached hydrogen (secondary N) is 6. The molecule has 8 heterocycles. The van der Waals surface area contributed by atoms with Crippen molar-refractivity contribution in [3.63, 3.8) is 0 Å². The maximum Gasteiger partial charge on any atom is 0.347 e. The van der Waals surface area contributed by atoms with Crippen molar-refractivity contribution < 1.29 is 143 Å². The summed E-state index contributed by atoms with van der Waals surface area (Å²) in [5.74, 6) is -10.1. The van der Waals surface area contributed by atoms with Crippen molar-refractivity contribution in [2.24, 2.45) is 0 Å². The molecule has 0 aliphatic carbocycles. The van der Waals surface area contributed by atoms with Crippen molar-refractivity contribution >= 4 is 165 Å². The maximum atomic E-state index is 13.3. The number of morpholine rings is 2. The number of hydrogen-bond donors (Lipinski definition) is 6. The SMILES string of the molecule is CCN(CC)CCNC(=O)c1c(C)[nH]c(/C=C2\C(=O)Nc3ccc(OC(=O)CCC(=O)O[C@@H](C)C(=O)O[C@@H](C)C(=O)O[C@@H](C)C(=O)O[C@@H](C)C(=O)O[C@H](COc4nsnc4N4CCOCC4)CN(C(C)=O)C(C)(C)C)cc32)c1C.CCN(CC)CCNC(=O)c1c(C)[nH]c(/C=C2\C(=O)Nc3ccc(OC(=O)CCC(=O)O[C@@H](C)C(=O)O[C@@H](C)C(=O)O[C@H](COc4nsnc4N4CCOCC4)CN(C(C)=O)C(C)(C)C)cc32)c1C. The van der Waals surface area contributed by atoms with E-state index in [1.54, 1.807) is 52.0 Å². The Morgan fingerprint density at radius 2 is 0.757 bits per heavy atom. The zero-order valence-electron chi connectivity index (χ0n) is 87.7. The van der Waals surface area contributed by atoms with E-state index in [0.29, 0.717) is 151 Å². The smallest absolute Gasteiger partial charge is 0.347 e. The summed E-state index contributed by atoms with van der Waals surface area (Å²) < 4.78 is 93.6. The average Bonchev–Trinajstić information content (AvgIpc) is 1.63. The number of fused-ring (bicyclic) bond motifs is 2. The lowest BCUT2D eigenvalue weighted by Crippen LogP contribution is -2.50. The quantitative estimate of drug-likeness (QED) is 0.00911. The Morgan fingerprint density at radius 3 is 1.07 bits per heavy atom. The Bertz CT molecular complexity index is 5810. The van der Waals surface area contributed by atoms with Crippen molar-refractivity contribution in [1.82, 2.24) is 57.7 Å². The third kappa shape index (κ3) is 33.6. The van der Waals surface area contributed by atoms with E-state index in [4.69, 9.17) is 66.3 Å². The van der Waals surface area contributed by atoms with Gasteiger partial charge in [0.2, 0.25) is 23.5 Å². The molecule has 2 fully saturated rings. The van der Waals surface area contributed by atoms with Crippen LogP contribution in [0.25, 0.3) is 23.3 Å². The minimum Gasteiger partial charge on any atom is -0.470 e. The van der Waals surface area contributed by atoms with E-state index >= 15 is 0 Å². The van der Waals surface area contributed by atoms with Gasteiger partial charge in [-0.15, -0.1) is 8.75 Å². The number of likely N-dealkylation sites (N-methyl/N-ethyl adjacent to an activating group) is 2. The van der Waals surface area contributed by atoms with Gasteiger partial charge in [-0.3, -0.25) is 47.9 Å². The standard InChI is InChI=1S/C53H72N8O17S.C47H64N8O13S/c1-13-59(14-2)20-19-54-47(66)44-29(3)41(55-30(44)4)26-39-38-25-36(15-16-40(38)56-46(39)65)77-43(64)18-17-42(63)73-31(5)49(67)74-32(6)50(68)75-33(7)51(69)76-34(8)52(70)78-37(27-61(35(9)62)53(10,11)12)28-72-48-45(57-79-58-48)60-21-23-71-24-22-60;1-11-53(12-2)18-17-48-43(60)40-27(3)37(49-28(40)4)24-35-34-23-32(13-14-36(34)50-42(35)59)67-39(58)16-15-38(57)65-29(5)45(61)66-30(6)46(62)68-33(25-55(31(7)56)47(8,9)10)26-64-44-41(51-69-52-44)54-19-21-63-22-20-54/h15-16,25-26,31-34,37,55H,13-14,17-24,27-28H2,1-12H3,(H,54,66)(H,56,65);13-14,23-24,29-30,33,49H,11-12,15-22,25-26H2,1-10H3,(H,48,60)(H,50,59)/b39-26-;35-24-/t31-,32-,33-,34-,37-;29-,30-,33-/m00/s1. The minimum atomic E-state index is -1.61. The van der Waals surface area contributed by atoms with Gasteiger partial charge in [0.25, 0.3) is 35.4 Å². The van der Waals surface area contributed by atoms with Crippen LogP contribution >= 0.6 is 23.5 Å². The molecule has 8 atom stereocenters. The number of aromatic amines is 2. The number of benzene rings is 2. The summed E-state index contributed by atoms with van der Waals surface area (Å²) in [6.07, 6.45) is -9.85. The molecule has 10 rings (SSSR count). The lowest BCUT2D eigenvalue weighted by molar-refractivity contribution is -0.186. The normalized spacial score (nSPS) is 15.5. The summed E-state index contributed by atoms with van der Waals surface area (Å²) in [7, 11) is 0. The Balaban J connectivity index is 0.000000332. The predicted octanol–water partition coefficient (Wildman–Crippen LogP) is 8.00. The minimum absolute atomic E-state index is 0.0533. The molecule has 6 N–H and O–H groups in total. The molecule has 6 aromatic rings. The van der Waals surface area contributed by atoms with E-state index in [9.17, 15) is 76.7 Å². The van der Waals surface area contributed by atoms with Crippen molar-refractivity contribution in [2.45, 2.75) is 238 Å². The lowest BCUT2D eigenvalue weighted by Gasteiger charge is -2.37. The Kier molecular flexibility index (Phi) is 43.5. The van der Waals surface area contributed by atoms with Gasteiger partial charge in [0.15, 0.2) is 48.8 Å². The summed E-state index contributed by atoms with van der Waals surface area (Å²) in [6, 6.07) is 9.11. The molecule has 4 aliphatic heterocycles. The fraction of sp³-hybridized carbons (Fsp3) is 0.560. The highest BCUT2D eigenvalue weighted by molar-refractivity contribution is 6.99. The molecule has 4 aromatic heterocycles. The fourth-order valence-corrected chi connectivity index (χ4v) is 16.9. The second kappa shape index (κ2) is 54.7. The number of aromatic nitrogens is 6. The molecule has 148 heavy (non-hydrogen) atoms. The Hall–Kier alpha value is -13.8. The van der Waals surface area contributed by atoms with Gasteiger partial charge in [-0.1, -0.05) is 27.7 Å². The number of carbonyl (C=O) groups excluding carboxylic acids is 16. The third-order valence-corrected chi connectivity index (χ3v) is 25.1. The number of amides is 6. The van der Waals surface area contributed by atoms with Gasteiger partial charge >= 0.3 is 59.7 Å². The summed E-state index contributed by atoms with van der Waals surface area (Å²) in [5, 5.41) is 11.5. The molecule has 0 unspecified atom stereocenters. The molecular weight excluding hydrogens is 1970 g/mol. The lowest BCUT2D eigenvalue weighted by atomic mass is 10.0. The fourth-order valence-electron chi connectivity index (χ4n) is 15.9. The van der Waals surface area contributed by atoms with Gasteiger partial charge in [-0.05, 0) is 197 Å². The molecule has 0 bridgehead atoms. The van der Waals surface area contributed by atoms with Crippen molar-refractivity contribution in [2.75, 3.05) is 152 Å². The van der Waals surface area contributed by atoms with Crippen molar-refractivity contribution in [3.8, 4) is 23.3 Å². The van der Waals surface area contributed by atoms with Gasteiger partial charge in [-0.25, -0.2) is 28.8 Å². The van der Waals surface area contributed by atoms with Crippen LogP contribution in [0.15, 0.2) is 36.4 Å². The van der Waals surface area contributed by atoms with Gasteiger partial charge in [-0.2, -0.15) is 8.75 Å². The first-order valence-corrected chi connectivity index (χ1v) is 50.4. The largest absolute Gasteiger partial charge is 0.470 e. The van der Waals surface area contributed by atoms with Crippen LogP contribution in [0.5, 0.6) is 23.3 Å². The Labute approximate surface area is 866 Å². The molecule has 6 amide bonds. The molecule has 0 radical (unpaired) electrons. The van der Waals surface area contributed by atoms with Crippen LogP contribution in [-0.4, -0.2) is 333 Å². The van der Waals surface area contributed by atoms with Gasteiger partial charge in [0, 0.05) is 123 Å². The van der Waals surface area contributed by atoms with Crippen LogP contribution in [0.3, 0.4) is 0 Å². The zero-order chi connectivity index (χ0) is 109. The summed E-state index contributed by atoms with van der Waals surface area (Å²) in [5.41, 5.74) is 5.76. The molecule has 2 saturated heterocycles. The summed E-state index contributed by atoms with van der Waals surface area (Å²) in [6.45, 7) is 45.9. The van der Waals surface area contributed by atoms with E-state index in [2.05, 4.69) is 86.2 Å². The van der Waals surface area contributed by atoms with Gasteiger partial charge in [0.05, 0.1) is 111 Å². The van der Waals surface area contributed by atoms with Gasteiger partial charge < -0.3 is 127 Å². The van der Waals surface area contributed by atoms with E-state index in [-0.39, 0.29) is 90.2 Å². The Morgan fingerprint density at radius 1 is 0.446 bits per heavy atom. The molecule has 2 aromatic carbocycles. The number of rotatable bonds is 48. The molecule has 0 saturated carbocycles. The summed E-state index contributed by atoms with van der Waals surface area (Å²) >= 11 is 1.90. The molecular formula is C100H136N16O30S2. The number of nitrogens with zero attached hydrogens (tertiary/aromatic N) is 10. The summed E-state index contributed by atoms with van der Waals surface area (Å²) in [4.78, 5) is 225. The topological polar surface area (TPSA) is 553 Å². The second-order valence-corrected chi connectivity index (χ2v) is 38.2. The number of aryl methyl sites for hydroxylation is 2. The molecule has 0 spiro atoms. The molecule has 808 valence electrons. The highest BCUT2D eigenvalue weighted by Crippen LogP contribution is 2.40. The average molecular weight is 2110 g/mol. The van der Waals surface area contributed by atoms with E-state index < -0.39 is 151 Å². The highest BCUT2D eigenvalue weighted by atomic mass is 32.1.